The lowest BCUT2D eigenvalue weighted by atomic mass is 10.1. The molecule has 0 unspecified atom stereocenters. The van der Waals surface area contributed by atoms with Gasteiger partial charge in [0.1, 0.15) is 0 Å². The first-order valence-electron chi connectivity index (χ1n) is 4.80. The number of nitrogens with zero attached hydrogens (tertiary/aromatic N) is 3. The average molecular weight is 253 g/mol. The van der Waals surface area contributed by atoms with E-state index in [-0.39, 0.29) is 11.2 Å². The number of anilines is 1. The summed E-state index contributed by atoms with van der Waals surface area (Å²) < 4.78 is 36.8. The Labute approximate surface area is 93.7 Å². The zero-order chi connectivity index (χ0) is 11.8. The van der Waals surface area contributed by atoms with Crippen molar-refractivity contribution in [2.45, 2.75) is 25.1 Å². The number of alkyl halides is 3. The van der Waals surface area contributed by atoms with Crippen molar-refractivity contribution in [3.8, 4) is 0 Å². The molecule has 0 spiro atoms. The van der Waals surface area contributed by atoms with Crippen molar-refractivity contribution in [3.05, 3.63) is 5.01 Å². The van der Waals surface area contributed by atoms with E-state index < -0.39 is 11.2 Å². The van der Waals surface area contributed by atoms with Gasteiger partial charge in [-0.15, -0.1) is 10.2 Å². The first-order valence-corrected chi connectivity index (χ1v) is 5.62. The van der Waals surface area contributed by atoms with Gasteiger partial charge in [0.2, 0.25) is 10.1 Å². The van der Waals surface area contributed by atoms with E-state index in [4.69, 9.17) is 0 Å². The highest BCUT2D eigenvalue weighted by atomic mass is 32.1. The van der Waals surface area contributed by atoms with Crippen molar-refractivity contribution in [2.75, 3.05) is 18.0 Å². The molecule has 2 heterocycles. The van der Waals surface area contributed by atoms with Gasteiger partial charge in [0.05, 0.1) is 6.10 Å². The molecule has 1 aromatic heterocycles. The number of halogens is 3. The molecule has 1 fully saturated rings. The summed E-state index contributed by atoms with van der Waals surface area (Å²) in [6.07, 6.45) is -3.67. The predicted octanol–water partition coefficient (Wildman–Crippen LogP) is 1.52. The third-order valence-corrected chi connectivity index (χ3v) is 3.42. The Morgan fingerprint density at radius 2 is 1.88 bits per heavy atom. The fraction of sp³-hybridized carbons (Fsp3) is 0.750. The minimum Gasteiger partial charge on any atom is -0.393 e. The number of hydrogen-bond donors (Lipinski definition) is 1. The van der Waals surface area contributed by atoms with Crippen LogP contribution >= 0.6 is 11.3 Å². The average Bonchev–Trinajstić information content (AvgIpc) is 2.67. The third kappa shape index (κ3) is 2.43. The Hall–Kier alpha value is -0.890. The SMILES string of the molecule is OC1CCN(c2nnc(C(F)(F)F)s2)CC1. The molecule has 0 aromatic carbocycles. The van der Waals surface area contributed by atoms with Crippen molar-refractivity contribution >= 4 is 16.5 Å². The molecule has 4 nitrogen and oxygen atoms in total. The maximum Gasteiger partial charge on any atom is 0.445 e. The molecule has 16 heavy (non-hydrogen) atoms. The fourth-order valence-electron chi connectivity index (χ4n) is 1.51. The molecule has 1 aliphatic heterocycles. The Bertz CT molecular complexity index is 360. The summed E-state index contributed by atoms with van der Waals surface area (Å²) >= 11 is 0.545. The summed E-state index contributed by atoms with van der Waals surface area (Å²) in [5.41, 5.74) is 0. The summed E-state index contributed by atoms with van der Waals surface area (Å²) in [7, 11) is 0. The molecule has 0 bridgehead atoms. The van der Waals surface area contributed by atoms with Crippen molar-refractivity contribution in [1.82, 2.24) is 10.2 Å². The second kappa shape index (κ2) is 4.17. The minimum absolute atomic E-state index is 0.277. The third-order valence-electron chi connectivity index (χ3n) is 2.39. The Morgan fingerprint density at radius 1 is 1.25 bits per heavy atom. The van der Waals surface area contributed by atoms with E-state index in [1.54, 1.807) is 4.90 Å². The van der Waals surface area contributed by atoms with Crippen LogP contribution in [0.25, 0.3) is 0 Å². The van der Waals surface area contributed by atoms with E-state index in [0.717, 1.165) is 0 Å². The highest BCUT2D eigenvalue weighted by molar-refractivity contribution is 7.15. The maximum atomic E-state index is 12.3. The highest BCUT2D eigenvalue weighted by Crippen LogP contribution is 2.34. The lowest BCUT2D eigenvalue weighted by Gasteiger charge is -2.28. The number of aromatic nitrogens is 2. The smallest absolute Gasteiger partial charge is 0.393 e. The fourth-order valence-corrected chi connectivity index (χ4v) is 2.28. The zero-order valence-electron chi connectivity index (χ0n) is 8.24. The molecule has 0 amide bonds. The van der Waals surface area contributed by atoms with E-state index in [1.165, 1.54) is 0 Å². The van der Waals surface area contributed by atoms with Crippen LogP contribution in [0.1, 0.15) is 17.8 Å². The largest absolute Gasteiger partial charge is 0.445 e. The van der Waals surface area contributed by atoms with Gasteiger partial charge < -0.3 is 10.0 Å². The lowest BCUT2D eigenvalue weighted by Crippen LogP contribution is -2.35. The molecule has 1 saturated heterocycles. The van der Waals surface area contributed by atoms with Crippen molar-refractivity contribution in [1.29, 1.82) is 0 Å². The molecule has 90 valence electrons. The van der Waals surface area contributed by atoms with Crippen molar-refractivity contribution in [2.24, 2.45) is 0 Å². The molecule has 2 rings (SSSR count). The standard InChI is InChI=1S/C8H10F3N3OS/c9-8(10,11)6-12-13-7(16-6)14-3-1-5(15)2-4-14/h5,15H,1-4H2. The molecular weight excluding hydrogens is 243 g/mol. The van der Waals surface area contributed by atoms with Crippen LogP contribution in [0.4, 0.5) is 18.3 Å². The van der Waals surface area contributed by atoms with E-state index in [1.807, 2.05) is 0 Å². The normalized spacial score (nSPS) is 19.1. The number of aliphatic hydroxyl groups excluding tert-OH is 1. The molecule has 0 aliphatic carbocycles. The quantitative estimate of drug-likeness (QED) is 0.824. The van der Waals surface area contributed by atoms with Gasteiger partial charge in [0.15, 0.2) is 0 Å². The number of aliphatic hydroxyl groups is 1. The van der Waals surface area contributed by atoms with Gasteiger partial charge in [-0.05, 0) is 12.8 Å². The number of piperidine rings is 1. The first-order chi connectivity index (χ1) is 7.47. The summed E-state index contributed by atoms with van der Waals surface area (Å²) in [6.45, 7) is 1.04. The van der Waals surface area contributed by atoms with Gasteiger partial charge in [-0.3, -0.25) is 0 Å². The summed E-state index contributed by atoms with van der Waals surface area (Å²) in [6, 6.07) is 0. The van der Waals surface area contributed by atoms with Gasteiger partial charge in [-0.1, -0.05) is 11.3 Å². The van der Waals surface area contributed by atoms with Crippen LogP contribution in [0.3, 0.4) is 0 Å². The van der Waals surface area contributed by atoms with Gasteiger partial charge in [0, 0.05) is 13.1 Å². The molecule has 1 aliphatic rings. The summed E-state index contributed by atoms with van der Waals surface area (Å²) in [5, 5.41) is 15.3. The highest BCUT2D eigenvalue weighted by Gasteiger charge is 2.36. The first kappa shape index (κ1) is 11.6. The molecule has 1 aromatic rings. The predicted molar refractivity (Wildman–Crippen MR) is 52.4 cm³/mol. The number of hydrogen-bond acceptors (Lipinski definition) is 5. The minimum atomic E-state index is -4.43. The van der Waals surface area contributed by atoms with E-state index in [0.29, 0.717) is 37.3 Å². The van der Waals surface area contributed by atoms with Crippen LogP contribution in [0.5, 0.6) is 0 Å². The van der Waals surface area contributed by atoms with Crippen LogP contribution < -0.4 is 4.90 Å². The van der Waals surface area contributed by atoms with Crippen LogP contribution in [0.15, 0.2) is 0 Å². The maximum absolute atomic E-state index is 12.3. The second-order valence-electron chi connectivity index (χ2n) is 3.61. The van der Waals surface area contributed by atoms with Crippen LogP contribution in [0, 0.1) is 0 Å². The van der Waals surface area contributed by atoms with Gasteiger partial charge in [0.25, 0.3) is 0 Å². The molecule has 0 saturated carbocycles. The molecule has 0 atom stereocenters. The van der Waals surface area contributed by atoms with Crippen LogP contribution in [-0.4, -0.2) is 34.5 Å². The Kier molecular flexibility index (Phi) is 3.02. The van der Waals surface area contributed by atoms with E-state index in [9.17, 15) is 18.3 Å². The zero-order valence-corrected chi connectivity index (χ0v) is 9.05. The lowest BCUT2D eigenvalue weighted by molar-refractivity contribution is -0.138. The summed E-state index contributed by atoms with van der Waals surface area (Å²) in [4.78, 5) is 1.72. The summed E-state index contributed by atoms with van der Waals surface area (Å²) in [5.74, 6) is 0. The molecule has 8 heteroatoms. The molecule has 0 radical (unpaired) electrons. The van der Waals surface area contributed by atoms with E-state index in [2.05, 4.69) is 10.2 Å². The number of rotatable bonds is 1. The van der Waals surface area contributed by atoms with Crippen molar-refractivity contribution in [3.63, 3.8) is 0 Å². The van der Waals surface area contributed by atoms with Crippen LogP contribution in [-0.2, 0) is 6.18 Å². The Balaban J connectivity index is 2.08. The van der Waals surface area contributed by atoms with Crippen molar-refractivity contribution < 1.29 is 18.3 Å². The van der Waals surface area contributed by atoms with Gasteiger partial charge in [-0.2, -0.15) is 13.2 Å². The van der Waals surface area contributed by atoms with Gasteiger partial charge >= 0.3 is 6.18 Å². The molecular formula is C8H10F3N3OS. The monoisotopic (exact) mass is 253 g/mol. The van der Waals surface area contributed by atoms with E-state index >= 15 is 0 Å². The topological polar surface area (TPSA) is 49.2 Å². The van der Waals surface area contributed by atoms with Crippen LogP contribution in [0.2, 0.25) is 0 Å². The Morgan fingerprint density at radius 3 is 2.38 bits per heavy atom. The molecule has 1 N–H and O–H groups in total. The second-order valence-corrected chi connectivity index (χ2v) is 4.56. The van der Waals surface area contributed by atoms with Gasteiger partial charge in [-0.25, -0.2) is 0 Å².